The first kappa shape index (κ1) is 16.1. The summed E-state index contributed by atoms with van der Waals surface area (Å²) in [5.41, 5.74) is 2.03. The Morgan fingerprint density at radius 1 is 1.12 bits per heavy atom. The van der Waals surface area contributed by atoms with Gasteiger partial charge in [0.05, 0.1) is 5.52 Å². The fourth-order valence-corrected chi connectivity index (χ4v) is 2.88. The maximum atomic E-state index is 11.9. The summed E-state index contributed by atoms with van der Waals surface area (Å²) in [6.07, 6.45) is 3.10. The molecule has 3 rings (SSSR count). The van der Waals surface area contributed by atoms with Crippen LogP contribution in [0.2, 0.25) is 0 Å². The number of hydrogen-bond acceptors (Lipinski definition) is 4. The van der Waals surface area contributed by atoms with E-state index in [1.807, 2.05) is 30.3 Å². The maximum absolute atomic E-state index is 11.9. The first-order chi connectivity index (χ1) is 11.6. The molecular formula is C18H19N3O3. The van der Waals surface area contributed by atoms with Gasteiger partial charge in [-0.05, 0) is 18.1 Å². The van der Waals surface area contributed by atoms with E-state index in [0.29, 0.717) is 13.0 Å². The number of likely N-dealkylation sites (tertiary alicyclic amines) is 1. The number of pyridine rings is 1. The smallest absolute Gasteiger partial charge is 0.229 e. The quantitative estimate of drug-likeness (QED) is 0.815. The van der Waals surface area contributed by atoms with Crippen LogP contribution in [-0.2, 0) is 20.8 Å². The van der Waals surface area contributed by atoms with Crippen LogP contribution in [0.5, 0.6) is 0 Å². The summed E-state index contributed by atoms with van der Waals surface area (Å²) in [5.74, 6) is -0.528. The molecule has 0 unspecified atom stereocenters. The number of amides is 3. The third-order valence-electron chi connectivity index (χ3n) is 4.15. The number of carbonyl (C=O) groups excluding carboxylic acids is 3. The molecule has 2 aromatic rings. The first-order valence-corrected chi connectivity index (χ1v) is 8.07. The number of aromatic nitrogens is 1. The molecule has 1 aromatic heterocycles. The fourth-order valence-electron chi connectivity index (χ4n) is 2.88. The number of imide groups is 1. The molecule has 0 saturated carbocycles. The lowest BCUT2D eigenvalue weighted by molar-refractivity contribution is -0.138. The summed E-state index contributed by atoms with van der Waals surface area (Å²) < 4.78 is 0. The number of para-hydroxylation sites is 1. The molecule has 3 amide bonds. The molecule has 1 N–H and O–H groups in total. The Morgan fingerprint density at radius 3 is 2.67 bits per heavy atom. The topological polar surface area (TPSA) is 79.4 Å². The minimum Gasteiger partial charge on any atom is -0.356 e. The highest BCUT2D eigenvalue weighted by molar-refractivity contribution is 6.02. The van der Waals surface area contributed by atoms with Crippen LogP contribution in [0.15, 0.2) is 36.5 Å². The van der Waals surface area contributed by atoms with E-state index in [-0.39, 0.29) is 43.5 Å². The van der Waals surface area contributed by atoms with Crippen LogP contribution in [0.3, 0.4) is 0 Å². The van der Waals surface area contributed by atoms with Gasteiger partial charge in [-0.2, -0.15) is 0 Å². The Bertz CT molecular complexity index is 767. The highest BCUT2D eigenvalue weighted by Gasteiger charge is 2.28. The zero-order valence-corrected chi connectivity index (χ0v) is 13.3. The molecule has 124 valence electrons. The van der Waals surface area contributed by atoms with Gasteiger partial charge in [0.25, 0.3) is 0 Å². The summed E-state index contributed by atoms with van der Waals surface area (Å²) in [4.78, 5) is 40.4. The third-order valence-corrected chi connectivity index (χ3v) is 4.15. The van der Waals surface area contributed by atoms with E-state index >= 15 is 0 Å². The van der Waals surface area contributed by atoms with Crippen molar-refractivity contribution >= 4 is 28.6 Å². The van der Waals surface area contributed by atoms with E-state index < -0.39 is 0 Å². The Morgan fingerprint density at radius 2 is 1.88 bits per heavy atom. The molecule has 1 fully saturated rings. The summed E-state index contributed by atoms with van der Waals surface area (Å²) in [5, 5.41) is 3.91. The van der Waals surface area contributed by atoms with Gasteiger partial charge in [0, 0.05) is 43.9 Å². The van der Waals surface area contributed by atoms with E-state index in [9.17, 15) is 14.4 Å². The summed E-state index contributed by atoms with van der Waals surface area (Å²) >= 11 is 0. The van der Waals surface area contributed by atoms with Crippen molar-refractivity contribution in [3.8, 4) is 0 Å². The van der Waals surface area contributed by atoms with Crippen LogP contribution >= 0.6 is 0 Å². The van der Waals surface area contributed by atoms with Crippen molar-refractivity contribution in [3.63, 3.8) is 0 Å². The van der Waals surface area contributed by atoms with Crippen LogP contribution in [0.4, 0.5) is 0 Å². The average molecular weight is 325 g/mol. The minimum atomic E-state index is -0.186. The molecule has 24 heavy (non-hydrogen) atoms. The van der Waals surface area contributed by atoms with E-state index in [1.54, 1.807) is 6.20 Å². The molecule has 1 aromatic carbocycles. The molecule has 1 aliphatic rings. The monoisotopic (exact) mass is 325 g/mol. The van der Waals surface area contributed by atoms with E-state index in [2.05, 4.69) is 10.3 Å². The average Bonchev–Trinajstić information content (AvgIpc) is 2.91. The molecule has 1 aliphatic heterocycles. The number of carbonyl (C=O) groups is 3. The molecule has 0 bridgehead atoms. The number of benzene rings is 1. The normalized spacial score (nSPS) is 14.4. The van der Waals surface area contributed by atoms with Crippen LogP contribution in [0.1, 0.15) is 24.8 Å². The van der Waals surface area contributed by atoms with E-state index in [4.69, 9.17) is 0 Å². The summed E-state index contributed by atoms with van der Waals surface area (Å²) in [6.45, 7) is 0.662. The van der Waals surface area contributed by atoms with E-state index in [0.717, 1.165) is 16.5 Å². The molecule has 0 spiro atoms. The number of hydrogen-bond donors (Lipinski definition) is 1. The van der Waals surface area contributed by atoms with Crippen molar-refractivity contribution in [2.45, 2.75) is 25.7 Å². The van der Waals surface area contributed by atoms with Gasteiger partial charge in [-0.1, -0.05) is 24.3 Å². The predicted octanol–water partition coefficient (Wildman–Crippen LogP) is 1.43. The fraction of sp³-hybridized carbons (Fsp3) is 0.333. The van der Waals surface area contributed by atoms with Crippen molar-refractivity contribution in [1.82, 2.24) is 15.2 Å². The largest absolute Gasteiger partial charge is 0.356 e. The molecule has 0 radical (unpaired) electrons. The Labute approximate surface area is 139 Å². The summed E-state index contributed by atoms with van der Waals surface area (Å²) in [6, 6.07) is 9.90. The van der Waals surface area contributed by atoms with Gasteiger partial charge < -0.3 is 5.32 Å². The SMILES string of the molecule is O=C(CCN1C(=O)CCC1=O)NCCc1cccc2cccnc12. The molecule has 6 nitrogen and oxygen atoms in total. The predicted molar refractivity (Wildman–Crippen MR) is 89.0 cm³/mol. The zero-order valence-electron chi connectivity index (χ0n) is 13.3. The van der Waals surface area contributed by atoms with Crippen molar-refractivity contribution in [2.24, 2.45) is 0 Å². The van der Waals surface area contributed by atoms with Gasteiger partial charge in [0.2, 0.25) is 17.7 Å². The second-order valence-corrected chi connectivity index (χ2v) is 5.78. The van der Waals surface area contributed by atoms with Crippen molar-refractivity contribution in [1.29, 1.82) is 0 Å². The third kappa shape index (κ3) is 3.59. The molecule has 0 aliphatic carbocycles. The highest BCUT2D eigenvalue weighted by atomic mass is 16.2. The Kier molecular flexibility index (Phi) is 4.84. The summed E-state index contributed by atoms with van der Waals surface area (Å²) in [7, 11) is 0. The number of nitrogens with one attached hydrogen (secondary N) is 1. The van der Waals surface area contributed by atoms with Crippen molar-refractivity contribution in [3.05, 3.63) is 42.1 Å². The number of rotatable bonds is 6. The lowest BCUT2D eigenvalue weighted by Crippen LogP contribution is -2.34. The van der Waals surface area contributed by atoms with Crippen LogP contribution in [-0.4, -0.2) is 40.7 Å². The van der Waals surface area contributed by atoms with Crippen molar-refractivity contribution in [2.75, 3.05) is 13.1 Å². The maximum Gasteiger partial charge on any atom is 0.229 e. The van der Waals surface area contributed by atoms with Crippen LogP contribution in [0.25, 0.3) is 10.9 Å². The Balaban J connectivity index is 1.48. The van der Waals surface area contributed by atoms with Gasteiger partial charge >= 0.3 is 0 Å². The minimum absolute atomic E-state index is 0.144. The second-order valence-electron chi connectivity index (χ2n) is 5.78. The number of fused-ring (bicyclic) bond motifs is 1. The first-order valence-electron chi connectivity index (χ1n) is 8.07. The van der Waals surface area contributed by atoms with E-state index in [1.165, 1.54) is 4.90 Å². The molecule has 2 heterocycles. The molecule has 6 heteroatoms. The van der Waals surface area contributed by atoms with Crippen LogP contribution < -0.4 is 5.32 Å². The lowest BCUT2D eigenvalue weighted by atomic mass is 10.1. The van der Waals surface area contributed by atoms with Crippen molar-refractivity contribution < 1.29 is 14.4 Å². The Hall–Kier alpha value is -2.76. The standard InChI is InChI=1S/C18H19N3O3/c22-15(9-12-21-16(23)6-7-17(21)24)19-11-8-14-4-1-3-13-5-2-10-20-18(13)14/h1-5,10H,6-9,11-12H2,(H,19,22). The van der Waals surface area contributed by atoms with Gasteiger partial charge in [-0.25, -0.2) is 0 Å². The van der Waals surface area contributed by atoms with Crippen LogP contribution in [0, 0.1) is 0 Å². The van der Waals surface area contributed by atoms with Gasteiger partial charge in [0.15, 0.2) is 0 Å². The lowest BCUT2D eigenvalue weighted by Gasteiger charge is -2.13. The number of nitrogens with zero attached hydrogens (tertiary/aromatic N) is 2. The molecule has 0 atom stereocenters. The molecular weight excluding hydrogens is 306 g/mol. The zero-order chi connectivity index (χ0) is 16.9. The highest BCUT2D eigenvalue weighted by Crippen LogP contribution is 2.16. The molecule has 1 saturated heterocycles. The van der Waals surface area contributed by atoms with Gasteiger partial charge in [-0.15, -0.1) is 0 Å². The van der Waals surface area contributed by atoms with Gasteiger partial charge in [-0.3, -0.25) is 24.3 Å². The second kappa shape index (κ2) is 7.21. The van der Waals surface area contributed by atoms with Gasteiger partial charge in [0.1, 0.15) is 0 Å².